The molecule has 0 saturated carbocycles. The molecule has 0 saturated heterocycles. The molecular formula is C23H18Cl2N2O2. The smallest absolute Gasteiger partial charge is 0.119 e. The van der Waals surface area contributed by atoms with E-state index in [4.69, 9.17) is 37.8 Å². The Morgan fingerprint density at radius 2 is 1.38 bits per heavy atom. The molecule has 0 aliphatic rings. The molecule has 1 heterocycles. The first kappa shape index (κ1) is 19.4. The van der Waals surface area contributed by atoms with E-state index in [-0.39, 0.29) is 0 Å². The molecule has 4 aromatic rings. The summed E-state index contributed by atoms with van der Waals surface area (Å²) in [6.07, 6.45) is 0. The largest absolute Gasteiger partial charge is 0.497 e. The minimum Gasteiger partial charge on any atom is -0.497 e. The van der Waals surface area contributed by atoms with Crippen molar-refractivity contribution in [3.05, 3.63) is 82.8 Å². The lowest BCUT2D eigenvalue weighted by molar-refractivity contribution is 0.415. The van der Waals surface area contributed by atoms with Crippen molar-refractivity contribution in [3.8, 4) is 39.7 Å². The van der Waals surface area contributed by atoms with Crippen molar-refractivity contribution < 1.29 is 9.47 Å². The van der Waals surface area contributed by atoms with Gasteiger partial charge in [0.1, 0.15) is 17.2 Å². The van der Waals surface area contributed by atoms with Crippen LogP contribution in [-0.4, -0.2) is 24.0 Å². The molecule has 0 fully saturated rings. The lowest BCUT2D eigenvalue weighted by atomic mass is 10.1. The van der Waals surface area contributed by atoms with Crippen molar-refractivity contribution in [1.82, 2.24) is 9.78 Å². The van der Waals surface area contributed by atoms with Gasteiger partial charge in [-0.3, -0.25) is 0 Å². The Kier molecular flexibility index (Phi) is 5.47. The second-order valence-electron chi connectivity index (χ2n) is 6.37. The van der Waals surface area contributed by atoms with Gasteiger partial charge < -0.3 is 9.47 Å². The van der Waals surface area contributed by atoms with Gasteiger partial charge in [0.05, 0.1) is 30.6 Å². The van der Waals surface area contributed by atoms with Crippen LogP contribution in [0, 0.1) is 0 Å². The third kappa shape index (κ3) is 3.82. The monoisotopic (exact) mass is 424 g/mol. The zero-order valence-electron chi connectivity index (χ0n) is 15.9. The molecule has 0 aliphatic carbocycles. The number of aromatic nitrogens is 2. The van der Waals surface area contributed by atoms with Crippen LogP contribution in [0.4, 0.5) is 0 Å². The number of benzene rings is 3. The number of nitrogens with zero attached hydrogens (tertiary/aromatic N) is 2. The summed E-state index contributed by atoms with van der Waals surface area (Å²) in [5, 5.41) is 5.98. The molecule has 4 nitrogen and oxygen atoms in total. The van der Waals surface area contributed by atoms with Gasteiger partial charge in [-0.15, -0.1) is 0 Å². The first-order valence-electron chi connectivity index (χ1n) is 8.94. The van der Waals surface area contributed by atoms with Crippen molar-refractivity contribution >= 4 is 23.2 Å². The van der Waals surface area contributed by atoms with Gasteiger partial charge in [0.15, 0.2) is 0 Å². The average molecular weight is 425 g/mol. The van der Waals surface area contributed by atoms with Crippen LogP contribution in [-0.2, 0) is 0 Å². The lowest BCUT2D eigenvalue weighted by Crippen LogP contribution is -1.99. The van der Waals surface area contributed by atoms with Crippen molar-refractivity contribution in [2.45, 2.75) is 0 Å². The van der Waals surface area contributed by atoms with E-state index in [1.54, 1.807) is 18.9 Å². The minimum atomic E-state index is 0.534. The standard InChI is InChI=1S/C23H18Cl2N2O2/c1-28-19-10-3-6-15(12-19)22-21(25)23(16-7-4-11-20(13-16)29-2)27(26-22)18-9-5-8-17(24)14-18/h3-14H,1-2H3. The van der Waals surface area contributed by atoms with Crippen LogP contribution in [0.3, 0.4) is 0 Å². The van der Waals surface area contributed by atoms with Crippen LogP contribution in [0.25, 0.3) is 28.2 Å². The van der Waals surface area contributed by atoms with Gasteiger partial charge in [-0.2, -0.15) is 5.10 Å². The summed E-state index contributed by atoms with van der Waals surface area (Å²) in [5.41, 5.74) is 3.97. The quantitative estimate of drug-likeness (QED) is 0.365. The Balaban J connectivity index is 1.98. The molecule has 6 heteroatoms. The van der Waals surface area contributed by atoms with Crippen molar-refractivity contribution in [1.29, 1.82) is 0 Å². The maximum atomic E-state index is 6.88. The zero-order valence-corrected chi connectivity index (χ0v) is 17.4. The molecule has 29 heavy (non-hydrogen) atoms. The third-order valence-electron chi connectivity index (χ3n) is 4.57. The van der Waals surface area contributed by atoms with Gasteiger partial charge in [-0.05, 0) is 42.5 Å². The van der Waals surface area contributed by atoms with E-state index in [1.165, 1.54) is 0 Å². The Morgan fingerprint density at radius 1 is 0.759 bits per heavy atom. The Morgan fingerprint density at radius 3 is 2.03 bits per heavy atom. The first-order chi connectivity index (χ1) is 14.1. The summed E-state index contributed by atoms with van der Waals surface area (Å²) in [7, 11) is 3.27. The van der Waals surface area contributed by atoms with Crippen LogP contribution in [0.2, 0.25) is 10.0 Å². The summed E-state index contributed by atoms with van der Waals surface area (Å²) in [6.45, 7) is 0. The van der Waals surface area contributed by atoms with Crippen LogP contribution in [0.15, 0.2) is 72.8 Å². The summed E-state index contributed by atoms with van der Waals surface area (Å²) >= 11 is 13.1. The summed E-state index contributed by atoms with van der Waals surface area (Å²) in [4.78, 5) is 0. The fraction of sp³-hybridized carbons (Fsp3) is 0.0870. The molecular weight excluding hydrogens is 407 g/mol. The fourth-order valence-electron chi connectivity index (χ4n) is 3.17. The molecule has 0 amide bonds. The highest BCUT2D eigenvalue weighted by molar-refractivity contribution is 6.35. The van der Waals surface area contributed by atoms with Crippen molar-refractivity contribution in [3.63, 3.8) is 0 Å². The molecule has 146 valence electrons. The Labute approximate surface area is 179 Å². The molecule has 0 radical (unpaired) electrons. The van der Waals surface area contributed by atoms with E-state index in [2.05, 4.69) is 0 Å². The topological polar surface area (TPSA) is 36.3 Å². The first-order valence-corrected chi connectivity index (χ1v) is 9.69. The normalized spacial score (nSPS) is 10.8. The lowest BCUT2D eigenvalue weighted by Gasteiger charge is -2.09. The van der Waals surface area contributed by atoms with E-state index in [0.717, 1.165) is 34.0 Å². The number of methoxy groups -OCH3 is 2. The maximum absolute atomic E-state index is 6.88. The van der Waals surface area contributed by atoms with Crippen LogP contribution < -0.4 is 9.47 Å². The second-order valence-corrected chi connectivity index (χ2v) is 7.18. The average Bonchev–Trinajstić information content (AvgIpc) is 3.11. The highest BCUT2D eigenvalue weighted by Crippen LogP contribution is 2.39. The molecule has 0 bridgehead atoms. The fourth-order valence-corrected chi connectivity index (χ4v) is 3.69. The maximum Gasteiger partial charge on any atom is 0.119 e. The number of rotatable bonds is 5. The number of ether oxygens (including phenoxy) is 2. The summed E-state index contributed by atoms with van der Waals surface area (Å²) < 4.78 is 12.6. The molecule has 0 unspecified atom stereocenters. The van der Waals surface area contributed by atoms with E-state index in [0.29, 0.717) is 15.7 Å². The minimum absolute atomic E-state index is 0.534. The summed E-state index contributed by atoms with van der Waals surface area (Å²) in [6, 6.07) is 22.9. The number of hydrogen-bond acceptors (Lipinski definition) is 3. The van der Waals surface area contributed by atoms with Gasteiger partial charge in [0.25, 0.3) is 0 Å². The van der Waals surface area contributed by atoms with E-state index in [9.17, 15) is 0 Å². The van der Waals surface area contributed by atoms with Gasteiger partial charge >= 0.3 is 0 Å². The second kappa shape index (κ2) is 8.19. The van der Waals surface area contributed by atoms with Crippen LogP contribution >= 0.6 is 23.2 Å². The molecule has 0 N–H and O–H groups in total. The molecule has 4 rings (SSSR count). The van der Waals surface area contributed by atoms with Crippen LogP contribution in [0.5, 0.6) is 11.5 Å². The van der Waals surface area contributed by atoms with Gasteiger partial charge in [0, 0.05) is 16.1 Å². The highest BCUT2D eigenvalue weighted by atomic mass is 35.5. The molecule has 3 aromatic carbocycles. The van der Waals surface area contributed by atoms with E-state index < -0.39 is 0 Å². The molecule has 0 aliphatic heterocycles. The van der Waals surface area contributed by atoms with Crippen molar-refractivity contribution in [2.75, 3.05) is 14.2 Å². The molecule has 1 aromatic heterocycles. The zero-order chi connectivity index (χ0) is 20.4. The molecule has 0 atom stereocenters. The van der Waals surface area contributed by atoms with Gasteiger partial charge in [0.2, 0.25) is 0 Å². The van der Waals surface area contributed by atoms with Crippen molar-refractivity contribution in [2.24, 2.45) is 0 Å². The molecule has 0 spiro atoms. The predicted octanol–water partition coefficient (Wildman–Crippen LogP) is 6.53. The number of halogens is 2. The Hall–Kier alpha value is -2.95. The van der Waals surface area contributed by atoms with Gasteiger partial charge in [-0.25, -0.2) is 4.68 Å². The number of hydrogen-bond donors (Lipinski definition) is 0. The van der Waals surface area contributed by atoms with Gasteiger partial charge in [-0.1, -0.05) is 53.5 Å². The summed E-state index contributed by atoms with van der Waals surface area (Å²) in [5.74, 6) is 1.47. The highest BCUT2D eigenvalue weighted by Gasteiger charge is 2.21. The SMILES string of the molecule is COc1cccc(-c2nn(-c3cccc(Cl)c3)c(-c3cccc(OC)c3)c2Cl)c1. The third-order valence-corrected chi connectivity index (χ3v) is 5.16. The van der Waals surface area contributed by atoms with Crippen LogP contribution in [0.1, 0.15) is 0 Å². The van der Waals surface area contributed by atoms with E-state index in [1.807, 2.05) is 72.8 Å². The van der Waals surface area contributed by atoms with E-state index >= 15 is 0 Å². The Bertz CT molecular complexity index is 1170. The predicted molar refractivity (Wildman–Crippen MR) is 118 cm³/mol.